The molecule has 5 rings (SSSR count). The molecule has 9 heteroatoms. The van der Waals surface area contributed by atoms with E-state index in [4.69, 9.17) is 0 Å². The minimum absolute atomic E-state index is 0.0416. The van der Waals surface area contributed by atoms with Crippen molar-refractivity contribution in [2.75, 3.05) is 18.4 Å². The number of hydrogen-bond donors (Lipinski definition) is 1. The average molecular weight is 506 g/mol. The Kier molecular flexibility index (Phi) is 6.80. The largest absolute Gasteiger partial charge is 0.416 e. The van der Waals surface area contributed by atoms with Crippen LogP contribution in [0.1, 0.15) is 39.9 Å². The first kappa shape index (κ1) is 24.7. The van der Waals surface area contributed by atoms with Gasteiger partial charge >= 0.3 is 6.18 Å². The van der Waals surface area contributed by atoms with Crippen LogP contribution in [0.4, 0.5) is 18.9 Å². The summed E-state index contributed by atoms with van der Waals surface area (Å²) in [5.74, 6) is -0.502. The normalized spacial score (nSPS) is 14.2. The highest BCUT2D eigenvalue weighted by Gasteiger charge is 2.31. The van der Waals surface area contributed by atoms with Crippen LogP contribution < -0.4 is 5.32 Å². The molecule has 0 aliphatic carbocycles. The third-order valence-electron chi connectivity index (χ3n) is 6.52. The Hall–Kier alpha value is -3.98. The maximum Gasteiger partial charge on any atom is 0.416 e. The molecule has 0 bridgehead atoms. The fourth-order valence-corrected chi connectivity index (χ4v) is 4.61. The number of hydrogen-bond acceptors (Lipinski definition) is 4. The van der Waals surface area contributed by atoms with Gasteiger partial charge in [0, 0.05) is 53.8 Å². The number of halogens is 3. The van der Waals surface area contributed by atoms with Gasteiger partial charge in [-0.25, -0.2) is 4.98 Å². The molecule has 2 aromatic carbocycles. The Morgan fingerprint density at radius 1 is 1.03 bits per heavy atom. The van der Waals surface area contributed by atoms with Crippen molar-refractivity contribution in [2.45, 2.75) is 32.5 Å². The number of aromatic nitrogens is 3. The van der Waals surface area contributed by atoms with Crippen LogP contribution >= 0.6 is 0 Å². The number of rotatable bonds is 6. The minimum atomic E-state index is -4.57. The van der Waals surface area contributed by atoms with Crippen molar-refractivity contribution in [1.82, 2.24) is 19.4 Å². The van der Waals surface area contributed by atoms with Crippen LogP contribution in [-0.2, 0) is 12.7 Å². The SMILES string of the molecule is Cc1ccc(C(=O)Nc2cc(-n3ccnc3)cc(C(F)(F)F)c2)cc1-c1cncc(CN2CCCC2)c1. The van der Waals surface area contributed by atoms with E-state index in [-0.39, 0.29) is 11.4 Å². The van der Waals surface area contributed by atoms with Gasteiger partial charge in [0.15, 0.2) is 0 Å². The predicted molar refractivity (Wildman–Crippen MR) is 135 cm³/mol. The van der Waals surface area contributed by atoms with E-state index in [1.165, 1.54) is 36.0 Å². The van der Waals surface area contributed by atoms with Gasteiger partial charge in [-0.05, 0) is 85.9 Å². The fraction of sp³-hybridized carbons (Fsp3) is 0.250. The molecule has 0 radical (unpaired) electrons. The van der Waals surface area contributed by atoms with E-state index < -0.39 is 17.6 Å². The van der Waals surface area contributed by atoms with Gasteiger partial charge in [0.1, 0.15) is 0 Å². The number of imidazole rings is 1. The number of pyridine rings is 1. The van der Waals surface area contributed by atoms with Gasteiger partial charge in [-0.2, -0.15) is 13.2 Å². The molecule has 0 atom stereocenters. The van der Waals surface area contributed by atoms with Gasteiger partial charge in [0.25, 0.3) is 5.91 Å². The van der Waals surface area contributed by atoms with E-state index in [0.29, 0.717) is 5.56 Å². The monoisotopic (exact) mass is 505 g/mol. The third kappa shape index (κ3) is 5.72. The molecule has 2 aromatic heterocycles. The van der Waals surface area contributed by atoms with E-state index in [1.54, 1.807) is 24.5 Å². The molecule has 6 nitrogen and oxygen atoms in total. The number of amides is 1. The van der Waals surface area contributed by atoms with E-state index >= 15 is 0 Å². The van der Waals surface area contributed by atoms with E-state index in [9.17, 15) is 18.0 Å². The highest BCUT2D eigenvalue weighted by molar-refractivity contribution is 6.05. The van der Waals surface area contributed by atoms with Crippen molar-refractivity contribution in [2.24, 2.45) is 0 Å². The number of anilines is 1. The first-order valence-corrected chi connectivity index (χ1v) is 12.1. The highest BCUT2D eigenvalue weighted by Crippen LogP contribution is 2.33. The zero-order chi connectivity index (χ0) is 26.0. The van der Waals surface area contributed by atoms with Crippen LogP contribution in [0.15, 0.2) is 73.6 Å². The first-order chi connectivity index (χ1) is 17.8. The third-order valence-corrected chi connectivity index (χ3v) is 6.52. The number of likely N-dealkylation sites (tertiary alicyclic amines) is 1. The summed E-state index contributed by atoms with van der Waals surface area (Å²) in [4.78, 5) is 23.8. The van der Waals surface area contributed by atoms with Crippen LogP contribution in [-0.4, -0.2) is 38.4 Å². The smallest absolute Gasteiger partial charge is 0.322 e. The summed E-state index contributed by atoms with van der Waals surface area (Å²) >= 11 is 0. The molecule has 1 N–H and O–H groups in total. The highest BCUT2D eigenvalue weighted by atomic mass is 19.4. The van der Waals surface area contributed by atoms with Crippen molar-refractivity contribution < 1.29 is 18.0 Å². The van der Waals surface area contributed by atoms with Gasteiger partial charge in [0.05, 0.1) is 11.9 Å². The Morgan fingerprint density at radius 2 is 1.84 bits per heavy atom. The van der Waals surface area contributed by atoms with Crippen LogP contribution in [0.3, 0.4) is 0 Å². The molecule has 4 aromatic rings. The summed E-state index contributed by atoms with van der Waals surface area (Å²) in [6.07, 6.45) is 5.89. The Balaban J connectivity index is 1.42. The van der Waals surface area contributed by atoms with Crippen molar-refractivity contribution in [3.8, 4) is 16.8 Å². The zero-order valence-electron chi connectivity index (χ0n) is 20.3. The van der Waals surface area contributed by atoms with Crippen molar-refractivity contribution in [1.29, 1.82) is 0 Å². The average Bonchev–Trinajstić information content (AvgIpc) is 3.58. The standard InChI is InChI=1S/C28H26F3N5O/c1-19-4-5-21(11-26(19)22-10-20(15-33-16-22)17-35-7-2-3-8-35)27(37)34-24-12-23(28(29,30)31)13-25(14-24)36-9-6-32-18-36/h4-6,9-16,18H,2-3,7-8,17H2,1H3,(H,34,37). The van der Waals surface area contributed by atoms with Crippen LogP contribution in [0.5, 0.6) is 0 Å². The van der Waals surface area contributed by atoms with Crippen LogP contribution in [0, 0.1) is 6.92 Å². The molecule has 1 amide bonds. The number of benzene rings is 2. The summed E-state index contributed by atoms with van der Waals surface area (Å²) in [5, 5.41) is 2.64. The summed E-state index contributed by atoms with van der Waals surface area (Å²) in [5.41, 5.74) is 3.58. The second-order valence-corrected chi connectivity index (χ2v) is 9.29. The quantitative estimate of drug-likeness (QED) is 0.344. The fourth-order valence-electron chi connectivity index (χ4n) is 4.61. The summed E-state index contributed by atoms with van der Waals surface area (Å²) in [7, 11) is 0. The maximum absolute atomic E-state index is 13.5. The molecule has 1 fully saturated rings. The molecule has 37 heavy (non-hydrogen) atoms. The predicted octanol–water partition coefficient (Wildman–Crippen LogP) is 6.11. The second-order valence-electron chi connectivity index (χ2n) is 9.29. The molecule has 1 aliphatic heterocycles. The lowest BCUT2D eigenvalue weighted by Crippen LogP contribution is -2.18. The number of carbonyl (C=O) groups is 1. The zero-order valence-corrected chi connectivity index (χ0v) is 20.3. The van der Waals surface area contributed by atoms with Gasteiger partial charge in [-0.1, -0.05) is 6.07 Å². The first-order valence-electron chi connectivity index (χ1n) is 12.1. The molecule has 0 spiro atoms. The molecule has 0 unspecified atom stereocenters. The topological polar surface area (TPSA) is 63.1 Å². The van der Waals surface area contributed by atoms with Crippen LogP contribution in [0.2, 0.25) is 0 Å². The molecule has 3 heterocycles. The van der Waals surface area contributed by atoms with E-state index in [0.717, 1.165) is 54.0 Å². The number of alkyl halides is 3. The van der Waals surface area contributed by atoms with Crippen molar-refractivity contribution in [3.63, 3.8) is 0 Å². The molecule has 190 valence electrons. The molecular weight excluding hydrogens is 479 g/mol. The number of nitrogens with one attached hydrogen (secondary N) is 1. The summed E-state index contributed by atoms with van der Waals surface area (Å²) in [6.45, 7) is 4.94. The van der Waals surface area contributed by atoms with Crippen LogP contribution in [0.25, 0.3) is 16.8 Å². The molecule has 1 saturated heterocycles. The lowest BCUT2D eigenvalue weighted by Gasteiger charge is -2.16. The van der Waals surface area contributed by atoms with Gasteiger partial charge in [-0.15, -0.1) is 0 Å². The van der Waals surface area contributed by atoms with E-state index in [1.807, 2.05) is 19.2 Å². The Labute approximate surface area is 212 Å². The molecular formula is C28H26F3N5O. The van der Waals surface area contributed by atoms with Gasteiger partial charge in [0.2, 0.25) is 0 Å². The molecule has 0 saturated carbocycles. The molecule has 1 aliphatic rings. The van der Waals surface area contributed by atoms with Crippen molar-refractivity contribution >= 4 is 11.6 Å². The summed E-state index contributed by atoms with van der Waals surface area (Å²) < 4.78 is 42.1. The van der Waals surface area contributed by atoms with Crippen molar-refractivity contribution in [3.05, 3.63) is 95.8 Å². The number of nitrogens with zero attached hydrogens (tertiary/aromatic N) is 4. The van der Waals surface area contributed by atoms with Gasteiger partial charge in [-0.3, -0.25) is 14.7 Å². The lowest BCUT2D eigenvalue weighted by atomic mass is 9.98. The Morgan fingerprint density at radius 3 is 2.57 bits per heavy atom. The number of aryl methyl sites for hydroxylation is 1. The summed E-state index contributed by atoms with van der Waals surface area (Å²) in [6, 6.07) is 10.8. The lowest BCUT2D eigenvalue weighted by molar-refractivity contribution is -0.137. The van der Waals surface area contributed by atoms with Gasteiger partial charge < -0.3 is 9.88 Å². The van der Waals surface area contributed by atoms with E-state index in [2.05, 4.69) is 26.3 Å². The number of carbonyl (C=O) groups excluding carboxylic acids is 1. The minimum Gasteiger partial charge on any atom is -0.322 e. The maximum atomic E-state index is 13.5. The Bertz CT molecular complexity index is 1410. The second kappa shape index (κ2) is 10.2.